The SMILES string of the molecule is CC(C)[Si](C)(O[Si](C)(C(C)C)C(C)C)C(C)C. The second kappa shape index (κ2) is 6.02. The zero-order valence-corrected chi connectivity index (χ0v) is 15.7. The third-order valence-electron chi connectivity index (χ3n) is 5.03. The van der Waals surface area contributed by atoms with Gasteiger partial charge in [0.05, 0.1) is 0 Å². The van der Waals surface area contributed by atoms with Gasteiger partial charge in [0.25, 0.3) is 0 Å². The highest BCUT2D eigenvalue weighted by Gasteiger charge is 2.46. The van der Waals surface area contributed by atoms with Crippen molar-refractivity contribution < 1.29 is 4.12 Å². The van der Waals surface area contributed by atoms with Gasteiger partial charge in [-0.2, -0.15) is 0 Å². The van der Waals surface area contributed by atoms with Crippen LogP contribution in [0.25, 0.3) is 0 Å². The Kier molecular flexibility index (Phi) is 6.16. The fraction of sp³-hybridized carbons (Fsp3) is 1.00. The second-order valence-electron chi connectivity index (χ2n) is 7.09. The Balaban J connectivity index is 5.22. The van der Waals surface area contributed by atoms with Crippen molar-refractivity contribution in [2.24, 2.45) is 0 Å². The van der Waals surface area contributed by atoms with Crippen LogP contribution in [-0.2, 0) is 4.12 Å². The van der Waals surface area contributed by atoms with Crippen molar-refractivity contribution in [2.75, 3.05) is 0 Å². The molecule has 1 nitrogen and oxygen atoms in total. The molecule has 0 atom stereocenters. The molecule has 0 aromatic heterocycles. The van der Waals surface area contributed by atoms with Gasteiger partial charge in [0, 0.05) is 0 Å². The maximum atomic E-state index is 6.95. The van der Waals surface area contributed by atoms with Crippen molar-refractivity contribution in [3.05, 3.63) is 0 Å². The van der Waals surface area contributed by atoms with E-state index < -0.39 is 16.6 Å². The van der Waals surface area contributed by atoms with Crippen molar-refractivity contribution in [1.82, 2.24) is 0 Å². The monoisotopic (exact) mass is 274 g/mol. The molecule has 0 radical (unpaired) electrons. The van der Waals surface area contributed by atoms with Gasteiger partial charge in [-0.15, -0.1) is 0 Å². The minimum absolute atomic E-state index is 0.701. The Morgan fingerprint density at radius 1 is 0.529 bits per heavy atom. The predicted molar refractivity (Wildman–Crippen MR) is 84.7 cm³/mol. The number of hydrogen-bond acceptors (Lipinski definition) is 1. The maximum Gasteiger partial charge on any atom is 0.181 e. The average Bonchev–Trinajstić information content (AvgIpc) is 2.15. The maximum absolute atomic E-state index is 6.95. The first-order chi connectivity index (χ1) is 7.48. The normalized spacial score (nSPS) is 14.5. The van der Waals surface area contributed by atoms with Gasteiger partial charge in [-0.05, 0) is 35.3 Å². The van der Waals surface area contributed by atoms with Crippen LogP contribution in [0.5, 0.6) is 0 Å². The fourth-order valence-electron chi connectivity index (χ4n) is 2.28. The standard InChI is InChI=1S/C14H34OSi2/c1-11(2)16(9,12(3)4)15-17(10,13(5)6)14(7)8/h11-14H,1-10H3. The molecule has 0 saturated heterocycles. The Hall–Kier alpha value is 0.394. The zero-order valence-electron chi connectivity index (χ0n) is 13.7. The van der Waals surface area contributed by atoms with E-state index in [2.05, 4.69) is 68.5 Å². The fourth-order valence-corrected chi connectivity index (χ4v) is 12.5. The van der Waals surface area contributed by atoms with Crippen molar-refractivity contribution >= 4 is 16.6 Å². The summed E-state index contributed by atoms with van der Waals surface area (Å²) in [5.41, 5.74) is 2.80. The lowest BCUT2D eigenvalue weighted by Crippen LogP contribution is -2.54. The van der Waals surface area contributed by atoms with Gasteiger partial charge in [-0.1, -0.05) is 55.4 Å². The van der Waals surface area contributed by atoms with E-state index in [0.29, 0.717) is 22.2 Å². The van der Waals surface area contributed by atoms with Crippen LogP contribution in [0.4, 0.5) is 0 Å². The Bertz CT molecular complexity index is 194. The molecule has 0 saturated carbocycles. The lowest BCUT2D eigenvalue weighted by molar-refractivity contribution is 0.467. The molecule has 0 bridgehead atoms. The van der Waals surface area contributed by atoms with Crippen molar-refractivity contribution in [3.8, 4) is 0 Å². The van der Waals surface area contributed by atoms with Gasteiger partial charge in [-0.25, -0.2) is 0 Å². The van der Waals surface area contributed by atoms with Crippen LogP contribution < -0.4 is 0 Å². The van der Waals surface area contributed by atoms with Crippen LogP contribution in [0, 0.1) is 0 Å². The van der Waals surface area contributed by atoms with Gasteiger partial charge in [0.15, 0.2) is 16.6 Å². The zero-order chi connectivity index (χ0) is 14.0. The Labute approximate surface area is 112 Å². The molecule has 0 spiro atoms. The molecule has 17 heavy (non-hydrogen) atoms. The summed E-state index contributed by atoms with van der Waals surface area (Å²) in [5.74, 6) is 0. The minimum atomic E-state index is -1.60. The topological polar surface area (TPSA) is 9.23 Å². The van der Waals surface area contributed by atoms with Crippen LogP contribution in [0.3, 0.4) is 0 Å². The van der Waals surface area contributed by atoms with E-state index in [9.17, 15) is 0 Å². The summed E-state index contributed by atoms with van der Waals surface area (Å²) in [4.78, 5) is 0. The molecule has 0 rings (SSSR count). The summed E-state index contributed by atoms with van der Waals surface area (Å²) < 4.78 is 6.95. The molecule has 0 aliphatic rings. The molecule has 0 fully saturated rings. The number of hydrogen-bond donors (Lipinski definition) is 0. The summed E-state index contributed by atoms with van der Waals surface area (Å²) in [5, 5.41) is 0. The Morgan fingerprint density at radius 2 is 0.706 bits per heavy atom. The van der Waals surface area contributed by atoms with Crippen LogP contribution in [0.1, 0.15) is 55.4 Å². The molecular formula is C14H34OSi2. The highest BCUT2D eigenvalue weighted by Crippen LogP contribution is 2.42. The highest BCUT2D eigenvalue weighted by molar-refractivity contribution is 6.88. The molecule has 0 aliphatic heterocycles. The summed E-state index contributed by atoms with van der Waals surface area (Å²) >= 11 is 0. The average molecular weight is 275 g/mol. The van der Waals surface area contributed by atoms with Crippen molar-refractivity contribution in [1.29, 1.82) is 0 Å². The summed E-state index contributed by atoms with van der Waals surface area (Å²) in [7, 11) is -3.21. The molecule has 0 unspecified atom stereocenters. The molecule has 3 heteroatoms. The largest absolute Gasteiger partial charge is 0.454 e. The second-order valence-corrected chi connectivity index (χ2v) is 17.3. The number of rotatable bonds is 6. The molecule has 0 aromatic rings. The third kappa shape index (κ3) is 3.68. The molecule has 0 aliphatic carbocycles. The van der Waals surface area contributed by atoms with Crippen molar-refractivity contribution in [3.63, 3.8) is 0 Å². The van der Waals surface area contributed by atoms with Crippen LogP contribution in [-0.4, -0.2) is 16.6 Å². The van der Waals surface area contributed by atoms with E-state index >= 15 is 0 Å². The van der Waals surface area contributed by atoms with Crippen LogP contribution >= 0.6 is 0 Å². The van der Waals surface area contributed by atoms with Gasteiger partial charge < -0.3 is 4.12 Å². The first-order valence-electron chi connectivity index (χ1n) is 7.18. The summed E-state index contributed by atoms with van der Waals surface area (Å²) in [6, 6.07) is 0. The van der Waals surface area contributed by atoms with Crippen LogP contribution in [0.2, 0.25) is 35.3 Å². The van der Waals surface area contributed by atoms with E-state index in [4.69, 9.17) is 4.12 Å². The van der Waals surface area contributed by atoms with Gasteiger partial charge >= 0.3 is 0 Å². The van der Waals surface area contributed by atoms with Crippen LogP contribution in [0.15, 0.2) is 0 Å². The van der Waals surface area contributed by atoms with Gasteiger partial charge in [-0.3, -0.25) is 0 Å². The highest BCUT2D eigenvalue weighted by atomic mass is 28.4. The van der Waals surface area contributed by atoms with E-state index in [1.165, 1.54) is 0 Å². The third-order valence-corrected chi connectivity index (χ3v) is 17.7. The molecule has 104 valence electrons. The molecule has 0 heterocycles. The van der Waals surface area contributed by atoms with E-state index in [-0.39, 0.29) is 0 Å². The predicted octanol–water partition coefficient (Wildman–Crippen LogP) is 5.79. The Morgan fingerprint density at radius 3 is 0.824 bits per heavy atom. The van der Waals surface area contributed by atoms with E-state index in [1.54, 1.807) is 0 Å². The molecular weight excluding hydrogens is 240 g/mol. The van der Waals surface area contributed by atoms with Gasteiger partial charge in [0.2, 0.25) is 0 Å². The minimum Gasteiger partial charge on any atom is -0.454 e. The lowest BCUT2D eigenvalue weighted by Gasteiger charge is -2.47. The quantitative estimate of drug-likeness (QED) is 0.557. The van der Waals surface area contributed by atoms with E-state index in [0.717, 1.165) is 0 Å². The molecule has 0 aromatic carbocycles. The first kappa shape index (κ1) is 17.4. The van der Waals surface area contributed by atoms with E-state index in [1.807, 2.05) is 0 Å². The molecule has 0 N–H and O–H groups in total. The summed E-state index contributed by atoms with van der Waals surface area (Å²) in [6.45, 7) is 23.7. The van der Waals surface area contributed by atoms with Gasteiger partial charge in [0.1, 0.15) is 0 Å². The molecule has 0 amide bonds. The summed E-state index contributed by atoms with van der Waals surface area (Å²) in [6.07, 6.45) is 0. The van der Waals surface area contributed by atoms with Crippen molar-refractivity contribution in [2.45, 2.75) is 90.6 Å². The first-order valence-corrected chi connectivity index (χ1v) is 12.3. The lowest BCUT2D eigenvalue weighted by atomic mass is 10.5. The smallest absolute Gasteiger partial charge is 0.181 e.